The Morgan fingerprint density at radius 2 is 1.77 bits per heavy atom. The molecule has 0 saturated carbocycles. The molecule has 1 heterocycles. The minimum Gasteiger partial charge on any atom is -0.497 e. The first-order valence-electron chi connectivity index (χ1n) is 8.49. The molecule has 0 spiro atoms. The van der Waals surface area contributed by atoms with Gasteiger partial charge in [0.25, 0.3) is 5.91 Å². The van der Waals surface area contributed by atoms with Gasteiger partial charge in [0, 0.05) is 50.6 Å². The Labute approximate surface area is 153 Å². The van der Waals surface area contributed by atoms with Crippen LogP contribution < -0.4 is 20.7 Å². The molecule has 0 fully saturated rings. The van der Waals surface area contributed by atoms with Crippen LogP contribution >= 0.6 is 0 Å². The molecule has 1 amide bonds. The number of methoxy groups -OCH3 is 1. The average molecular weight is 355 g/mol. The molecule has 0 aliphatic heterocycles. The smallest absolute Gasteiger partial charge is 0.251 e. The first-order chi connectivity index (χ1) is 12.7. The summed E-state index contributed by atoms with van der Waals surface area (Å²) in [4.78, 5) is 20.5. The van der Waals surface area contributed by atoms with Crippen molar-refractivity contribution in [2.45, 2.75) is 6.42 Å². The summed E-state index contributed by atoms with van der Waals surface area (Å²) in [5.41, 5.74) is 1.63. The van der Waals surface area contributed by atoms with Crippen LogP contribution in [0, 0.1) is 0 Å². The monoisotopic (exact) mass is 355 g/mol. The number of aromatic nitrogens is 1. The van der Waals surface area contributed by atoms with Gasteiger partial charge in [-0.1, -0.05) is 6.07 Å². The first kappa shape index (κ1) is 19.2. The number of amides is 1. The molecule has 0 aliphatic carbocycles. The van der Waals surface area contributed by atoms with Crippen molar-refractivity contribution in [2.75, 3.05) is 33.8 Å². The molecule has 138 valence electrons. The van der Waals surface area contributed by atoms with Crippen LogP contribution in [0.3, 0.4) is 0 Å². The van der Waals surface area contributed by atoms with E-state index >= 15 is 0 Å². The number of carbonyl (C=O) groups excluding carboxylic acids is 1. The van der Waals surface area contributed by atoms with Gasteiger partial charge in [-0.2, -0.15) is 0 Å². The molecule has 0 saturated heterocycles. The summed E-state index contributed by atoms with van der Waals surface area (Å²) in [7, 11) is 3.31. The van der Waals surface area contributed by atoms with Crippen LogP contribution in [0.5, 0.6) is 5.75 Å². The molecular formula is C19H25N5O2. The van der Waals surface area contributed by atoms with Gasteiger partial charge in [0.15, 0.2) is 5.96 Å². The number of nitrogens with zero attached hydrogens (tertiary/aromatic N) is 2. The predicted molar refractivity (Wildman–Crippen MR) is 103 cm³/mol. The Balaban J connectivity index is 1.64. The number of hydrogen-bond acceptors (Lipinski definition) is 4. The standard InChI is InChI=1S/C19H25N5O2/c1-20-19(23-12-10-16-5-3-4-11-21-16)24-14-13-22-18(25)15-6-8-17(26-2)9-7-15/h3-9,11H,10,12-14H2,1-2H3,(H,22,25)(H2,20,23,24). The second kappa shape index (κ2) is 10.7. The summed E-state index contributed by atoms with van der Waals surface area (Å²) in [6.07, 6.45) is 2.60. The van der Waals surface area contributed by atoms with Gasteiger partial charge in [-0.15, -0.1) is 0 Å². The van der Waals surface area contributed by atoms with Crippen LogP contribution in [0.4, 0.5) is 0 Å². The van der Waals surface area contributed by atoms with E-state index in [0.717, 1.165) is 24.4 Å². The number of pyridine rings is 1. The largest absolute Gasteiger partial charge is 0.497 e. The molecule has 1 aromatic heterocycles. The summed E-state index contributed by atoms with van der Waals surface area (Å²) in [6, 6.07) is 12.9. The van der Waals surface area contributed by atoms with Crippen LogP contribution in [0.2, 0.25) is 0 Å². The van der Waals surface area contributed by atoms with Gasteiger partial charge in [0.1, 0.15) is 5.75 Å². The van der Waals surface area contributed by atoms with Crippen LogP contribution in [-0.4, -0.2) is 50.6 Å². The van der Waals surface area contributed by atoms with E-state index in [1.165, 1.54) is 0 Å². The number of carbonyl (C=O) groups is 1. The van der Waals surface area contributed by atoms with Crippen molar-refractivity contribution >= 4 is 11.9 Å². The lowest BCUT2D eigenvalue weighted by Gasteiger charge is -2.12. The molecular weight excluding hydrogens is 330 g/mol. The van der Waals surface area contributed by atoms with Crippen molar-refractivity contribution in [2.24, 2.45) is 4.99 Å². The van der Waals surface area contributed by atoms with Crippen LogP contribution in [0.1, 0.15) is 16.1 Å². The van der Waals surface area contributed by atoms with Crippen LogP contribution in [0.15, 0.2) is 53.7 Å². The lowest BCUT2D eigenvalue weighted by molar-refractivity contribution is 0.0954. The quantitative estimate of drug-likeness (QED) is 0.377. The molecule has 7 nitrogen and oxygen atoms in total. The Morgan fingerprint density at radius 1 is 1.04 bits per heavy atom. The topological polar surface area (TPSA) is 87.6 Å². The highest BCUT2D eigenvalue weighted by molar-refractivity contribution is 5.94. The summed E-state index contributed by atoms with van der Waals surface area (Å²) < 4.78 is 5.08. The number of benzene rings is 1. The van der Waals surface area contributed by atoms with Crippen molar-refractivity contribution in [3.05, 3.63) is 59.9 Å². The van der Waals surface area contributed by atoms with E-state index < -0.39 is 0 Å². The zero-order chi connectivity index (χ0) is 18.6. The molecule has 1 aromatic carbocycles. The van der Waals surface area contributed by atoms with Crippen molar-refractivity contribution < 1.29 is 9.53 Å². The van der Waals surface area contributed by atoms with Gasteiger partial charge >= 0.3 is 0 Å². The summed E-state index contributed by atoms with van der Waals surface area (Å²) in [5.74, 6) is 1.30. The van der Waals surface area contributed by atoms with E-state index in [1.54, 1.807) is 44.6 Å². The number of rotatable bonds is 8. The molecule has 0 atom stereocenters. The molecule has 0 unspecified atom stereocenters. The Hall–Kier alpha value is -3.09. The Bertz CT molecular complexity index is 702. The molecule has 26 heavy (non-hydrogen) atoms. The van der Waals surface area contributed by atoms with E-state index in [-0.39, 0.29) is 5.91 Å². The maximum Gasteiger partial charge on any atom is 0.251 e. The summed E-state index contributed by atoms with van der Waals surface area (Å²) in [5, 5.41) is 9.25. The molecule has 2 aromatic rings. The number of aliphatic imine (C=N–C) groups is 1. The number of nitrogens with one attached hydrogen (secondary N) is 3. The van der Waals surface area contributed by atoms with Crippen molar-refractivity contribution in [1.82, 2.24) is 20.9 Å². The number of hydrogen-bond donors (Lipinski definition) is 3. The normalized spacial score (nSPS) is 10.9. The van der Waals surface area contributed by atoms with Gasteiger partial charge in [0.05, 0.1) is 7.11 Å². The first-order valence-corrected chi connectivity index (χ1v) is 8.49. The van der Waals surface area contributed by atoms with Gasteiger partial charge in [-0.3, -0.25) is 14.8 Å². The Kier molecular flexibility index (Phi) is 7.92. The van der Waals surface area contributed by atoms with Crippen molar-refractivity contribution in [3.63, 3.8) is 0 Å². The number of ether oxygens (including phenoxy) is 1. The average Bonchev–Trinajstić information content (AvgIpc) is 2.70. The van der Waals surface area contributed by atoms with Crippen molar-refractivity contribution in [3.8, 4) is 5.75 Å². The maximum atomic E-state index is 12.1. The molecule has 2 rings (SSSR count). The third-order valence-electron chi connectivity index (χ3n) is 3.68. The van der Waals surface area contributed by atoms with Gasteiger partial charge in [-0.05, 0) is 36.4 Å². The van der Waals surface area contributed by atoms with E-state index in [9.17, 15) is 4.79 Å². The number of guanidine groups is 1. The lowest BCUT2D eigenvalue weighted by atomic mass is 10.2. The lowest BCUT2D eigenvalue weighted by Crippen LogP contribution is -2.42. The minimum atomic E-state index is -0.118. The highest BCUT2D eigenvalue weighted by atomic mass is 16.5. The summed E-state index contributed by atoms with van der Waals surface area (Å²) >= 11 is 0. The predicted octanol–water partition coefficient (Wildman–Crippen LogP) is 1.23. The van der Waals surface area contributed by atoms with E-state index in [0.29, 0.717) is 24.6 Å². The van der Waals surface area contributed by atoms with E-state index in [2.05, 4.69) is 25.9 Å². The highest BCUT2D eigenvalue weighted by Gasteiger charge is 2.05. The van der Waals surface area contributed by atoms with E-state index in [4.69, 9.17) is 4.74 Å². The molecule has 0 aliphatic rings. The van der Waals surface area contributed by atoms with Crippen molar-refractivity contribution in [1.29, 1.82) is 0 Å². The van der Waals surface area contributed by atoms with Crippen LogP contribution in [0.25, 0.3) is 0 Å². The highest BCUT2D eigenvalue weighted by Crippen LogP contribution is 2.10. The maximum absolute atomic E-state index is 12.1. The molecule has 0 radical (unpaired) electrons. The van der Waals surface area contributed by atoms with Gasteiger partial charge in [0.2, 0.25) is 0 Å². The molecule has 3 N–H and O–H groups in total. The third kappa shape index (κ3) is 6.43. The molecule has 0 bridgehead atoms. The zero-order valence-electron chi connectivity index (χ0n) is 15.2. The second-order valence-corrected chi connectivity index (χ2v) is 5.48. The third-order valence-corrected chi connectivity index (χ3v) is 3.68. The fraction of sp³-hybridized carbons (Fsp3) is 0.316. The molecule has 7 heteroatoms. The van der Waals surface area contributed by atoms with E-state index in [1.807, 2.05) is 18.2 Å². The van der Waals surface area contributed by atoms with Gasteiger partial charge < -0.3 is 20.7 Å². The Morgan fingerprint density at radius 3 is 2.42 bits per heavy atom. The van der Waals surface area contributed by atoms with Gasteiger partial charge in [-0.25, -0.2) is 0 Å². The second-order valence-electron chi connectivity index (χ2n) is 5.48. The zero-order valence-corrected chi connectivity index (χ0v) is 15.2. The fourth-order valence-corrected chi connectivity index (χ4v) is 2.28. The van der Waals surface area contributed by atoms with Crippen LogP contribution in [-0.2, 0) is 6.42 Å². The summed E-state index contributed by atoms with van der Waals surface area (Å²) in [6.45, 7) is 1.80. The SMILES string of the molecule is CN=C(NCCNC(=O)c1ccc(OC)cc1)NCCc1ccccn1. The minimum absolute atomic E-state index is 0.118. The fourth-order valence-electron chi connectivity index (χ4n) is 2.28.